The molecule has 0 aliphatic carbocycles. The number of carbonyl (C=O) groups excluding carboxylic acids is 1. The molecule has 0 saturated heterocycles. The molecule has 0 fully saturated rings. The second-order valence-corrected chi connectivity index (χ2v) is 4.33. The quantitative estimate of drug-likeness (QED) is 0.715. The summed E-state index contributed by atoms with van der Waals surface area (Å²) in [5, 5.41) is 9.00. The van der Waals surface area contributed by atoms with Gasteiger partial charge in [-0.25, -0.2) is 4.79 Å². The van der Waals surface area contributed by atoms with E-state index in [1.807, 2.05) is 13.8 Å². The third-order valence-corrected chi connectivity index (χ3v) is 2.49. The van der Waals surface area contributed by atoms with Crippen LogP contribution in [-0.2, 0) is 9.59 Å². The van der Waals surface area contributed by atoms with Crippen LogP contribution in [0, 0.1) is 5.92 Å². The first-order valence-electron chi connectivity index (χ1n) is 5.12. The zero-order valence-electron chi connectivity index (χ0n) is 9.36. The molecule has 1 aliphatic heterocycles. The lowest BCUT2D eigenvalue weighted by molar-refractivity contribution is -0.147. The van der Waals surface area contributed by atoms with E-state index in [0.717, 1.165) is 5.57 Å². The van der Waals surface area contributed by atoms with Gasteiger partial charge in [0, 0.05) is 13.0 Å². The largest absolute Gasteiger partial charge is 0.479 e. The molecule has 0 bridgehead atoms. The van der Waals surface area contributed by atoms with E-state index in [1.54, 1.807) is 13.0 Å². The molecular weight excluding hydrogens is 194 g/mol. The van der Waals surface area contributed by atoms with E-state index >= 15 is 0 Å². The Morgan fingerprint density at radius 1 is 1.60 bits per heavy atom. The molecule has 15 heavy (non-hydrogen) atoms. The number of aliphatic carboxylic acids is 1. The maximum absolute atomic E-state index is 11.7. The zero-order valence-corrected chi connectivity index (χ0v) is 9.36. The van der Waals surface area contributed by atoms with Gasteiger partial charge in [-0.05, 0) is 18.4 Å². The van der Waals surface area contributed by atoms with Crippen molar-refractivity contribution in [2.24, 2.45) is 5.92 Å². The summed E-state index contributed by atoms with van der Waals surface area (Å²) in [6.45, 7) is 6.07. The van der Waals surface area contributed by atoms with Gasteiger partial charge in [0.15, 0.2) is 6.04 Å². The predicted octanol–water partition coefficient (Wildman–Crippen LogP) is 1.27. The molecular formula is C11H17NO3. The molecule has 1 rings (SSSR count). The predicted molar refractivity (Wildman–Crippen MR) is 56.3 cm³/mol. The Labute approximate surface area is 89.6 Å². The summed E-state index contributed by atoms with van der Waals surface area (Å²) >= 11 is 0. The van der Waals surface area contributed by atoms with E-state index < -0.39 is 12.0 Å². The lowest BCUT2D eigenvalue weighted by Crippen LogP contribution is -2.42. The SMILES string of the molecule is CC1=CCN(C(=O)CC(C)C)C1C(=O)O. The van der Waals surface area contributed by atoms with Crippen molar-refractivity contribution in [2.75, 3.05) is 6.54 Å². The van der Waals surface area contributed by atoms with Crippen molar-refractivity contribution in [3.63, 3.8) is 0 Å². The molecule has 84 valence electrons. The average Bonchev–Trinajstić information content (AvgIpc) is 2.45. The van der Waals surface area contributed by atoms with Crippen LogP contribution in [-0.4, -0.2) is 34.5 Å². The van der Waals surface area contributed by atoms with E-state index in [9.17, 15) is 9.59 Å². The van der Waals surface area contributed by atoms with Gasteiger partial charge < -0.3 is 10.0 Å². The maximum atomic E-state index is 11.7. The Kier molecular flexibility index (Phi) is 3.50. The van der Waals surface area contributed by atoms with Crippen LogP contribution in [0.15, 0.2) is 11.6 Å². The van der Waals surface area contributed by atoms with Crippen molar-refractivity contribution in [2.45, 2.75) is 33.2 Å². The summed E-state index contributed by atoms with van der Waals surface area (Å²) in [4.78, 5) is 24.2. The number of carboxylic acids is 1. The Morgan fingerprint density at radius 2 is 2.20 bits per heavy atom. The minimum Gasteiger partial charge on any atom is -0.479 e. The van der Waals surface area contributed by atoms with Crippen LogP contribution in [0.25, 0.3) is 0 Å². The molecule has 1 aliphatic rings. The number of hydrogen-bond acceptors (Lipinski definition) is 2. The van der Waals surface area contributed by atoms with E-state index in [-0.39, 0.29) is 11.8 Å². The molecule has 0 aromatic heterocycles. The molecule has 1 amide bonds. The van der Waals surface area contributed by atoms with Crippen LogP contribution in [0.5, 0.6) is 0 Å². The van der Waals surface area contributed by atoms with Crippen molar-refractivity contribution in [1.29, 1.82) is 0 Å². The Bertz CT molecular complexity index is 307. The molecule has 4 nitrogen and oxygen atoms in total. The summed E-state index contributed by atoms with van der Waals surface area (Å²) in [7, 11) is 0. The zero-order chi connectivity index (χ0) is 11.6. The molecule has 4 heteroatoms. The van der Waals surface area contributed by atoms with Crippen molar-refractivity contribution >= 4 is 11.9 Å². The number of carboxylic acid groups (broad SMARTS) is 1. The number of amides is 1. The third-order valence-electron chi connectivity index (χ3n) is 2.49. The van der Waals surface area contributed by atoms with Crippen molar-refractivity contribution in [3.8, 4) is 0 Å². The maximum Gasteiger partial charge on any atom is 0.330 e. The highest BCUT2D eigenvalue weighted by Gasteiger charge is 2.34. The number of nitrogens with zero attached hydrogens (tertiary/aromatic N) is 1. The number of hydrogen-bond donors (Lipinski definition) is 1. The second-order valence-electron chi connectivity index (χ2n) is 4.33. The highest BCUT2D eigenvalue weighted by atomic mass is 16.4. The first kappa shape index (κ1) is 11.8. The van der Waals surface area contributed by atoms with Crippen LogP contribution in [0.4, 0.5) is 0 Å². The van der Waals surface area contributed by atoms with Crippen molar-refractivity contribution < 1.29 is 14.7 Å². The molecule has 0 aromatic carbocycles. The number of rotatable bonds is 3. The summed E-state index contributed by atoms with van der Waals surface area (Å²) in [6, 6.07) is -0.753. The first-order valence-corrected chi connectivity index (χ1v) is 5.12. The van der Waals surface area contributed by atoms with Gasteiger partial charge in [-0.3, -0.25) is 4.79 Å². The van der Waals surface area contributed by atoms with Crippen LogP contribution in [0.3, 0.4) is 0 Å². The lowest BCUT2D eigenvalue weighted by atomic mass is 10.1. The highest BCUT2D eigenvalue weighted by molar-refractivity contribution is 5.87. The molecule has 0 radical (unpaired) electrons. The fourth-order valence-corrected chi connectivity index (χ4v) is 1.75. The normalized spacial score (nSPS) is 20.7. The molecule has 0 spiro atoms. The Hall–Kier alpha value is -1.32. The minimum atomic E-state index is -0.946. The van der Waals surface area contributed by atoms with Crippen molar-refractivity contribution in [3.05, 3.63) is 11.6 Å². The topological polar surface area (TPSA) is 57.6 Å². The lowest BCUT2D eigenvalue weighted by Gasteiger charge is -2.23. The molecule has 1 N–H and O–H groups in total. The molecule has 0 aromatic rings. The summed E-state index contributed by atoms with van der Waals surface area (Å²) in [6.07, 6.45) is 2.21. The monoisotopic (exact) mass is 211 g/mol. The average molecular weight is 211 g/mol. The van der Waals surface area contributed by atoms with Gasteiger partial charge in [0.05, 0.1) is 0 Å². The highest BCUT2D eigenvalue weighted by Crippen LogP contribution is 2.20. The molecule has 1 heterocycles. The summed E-state index contributed by atoms with van der Waals surface area (Å²) in [5.74, 6) is -0.767. The Balaban J connectivity index is 2.72. The second kappa shape index (κ2) is 4.47. The van der Waals surface area contributed by atoms with E-state index in [4.69, 9.17) is 5.11 Å². The standard InChI is InChI=1S/C11H17NO3/c1-7(2)6-9(13)12-5-4-8(3)10(12)11(14)15/h4,7,10H,5-6H2,1-3H3,(H,14,15). The van der Waals surface area contributed by atoms with Gasteiger partial charge in [0.25, 0.3) is 0 Å². The Morgan fingerprint density at radius 3 is 2.67 bits per heavy atom. The third kappa shape index (κ3) is 2.58. The smallest absolute Gasteiger partial charge is 0.330 e. The van der Waals surface area contributed by atoms with Gasteiger partial charge in [-0.2, -0.15) is 0 Å². The first-order chi connectivity index (χ1) is 6.93. The van der Waals surface area contributed by atoms with Gasteiger partial charge >= 0.3 is 5.97 Å². The van der Waals surface area contributed by atoms with Gasteiger partial charge in [0.2, 0.25) is 5.91 Å². The fraction of sp³-hybridized carbons (Fsp3) is 0.636. The molecule has 1 atom stereocenters. The van der Waals surface area contributed by atoms with Crippen LogP contribution in [0.2, 0.25) is 0 Å². The van der Waals surface area contributed by atoms with E-state index in [2.05, 4.69) is 0 Å². The number of carbonyl (C=O) groups is 2. The summed E-state index contributed by atoms with van der Waals surface area (Å²) < 4.78 is 0. The van der Waals surface area contributed by atoms with Gasteiger partial charge in [0.1, 0.15) is 0 Å². The molecule has 0 saturated carbocycles. The van der Waals surface area contributed by atoms with Crippen LogP contribution < -0.4 is 0 Å². The van der Waals surface area contributed by atoms with Crippen LogP contribution >= 0.6 is 0 Å². The summed E-state index contributed by atoms with van der Waals surface area (Å²) in [5.41, 5.74) is 0.750. The van der Waals surface area contributed by atoms with Gasteiger partial charge in [-0.1, -0.05) is 19.9 Å². The fourth-order valence-electron chi connectivity index (χ4n) is 1.75. The molecule has 1 unspecified atom stereocenters. The van der Waals surface area contributed by atoms with Crippen LogP contribution in [0.1, 0.15) is 27.2 Å². The van der Waals surface area contributed by atoms with E-state index in [0.29, 0.717) is 13.0 Å². The van der Waals surface area contributed by atoms with Gasteiger partial charge in [-0.15, -0.1) is 0 Å². The van der Waals surface area contributed by atoms with E-state index in [1.165, 1.54) is 4.90 Å². The van der Waals surface area contributed by atoms with Crippen molar-refractivity contribution in [1.82, 2.24) is 4.90 Å². The minimum absolute atomic E-state index is 0.0782.